The fourth-order valence-electron chi connectivity index (χ4n) is 2.25. The molecule has 17 heavy (non-hydrogen) atoms. The van der Waals surface area contributed by atoms with Crippen molar-refractivity contribution < 1.29 is 5.11 Å². The Balaban J connectivity index is 1.96. The molecule has 0 atom stereocenters. The van der Waals surface area contributed by atoms with E-state index in [1.165, 1.54) is 0 Å². The van der Waals surface area contributed by atoms with Gasteiger partial charge in [0, 0.05) is 23.3 Å². The smallest absolute Gasteiger partial charge is 0.0951 e. The van der Waals surface area contributed by atoms with Crippen LogP contribution in [0.2, 0.25) is 0 Å². The SMILES string of the molecule is Nc1cccc2c(NC3CC(O)C3)ccnc12. The number of aliphatic hydroxyl groups excluding tert-OH is 1. The summed E-state index contributed by atoms with van der Waals surface area (Å²) in [5.74, 6) is 0. The van der Waals surface area contributed by atoms with Gasteiger partial charge in [0.25, 0.3) is 0 Å². The molecule has 1 heterocycles. The van der Waals surface area contributed by atoms with Crippen molar-refractivity contribution in [3.05, 3.63) is 30.5 Å². The largest absolute Gasteiger partial charge is 0.397 e. The van der Waals surface area contributed by atoms with Gasteiger partial charge in [-0.05, 0) is 25.0 Å². The number of benzene rings is 1. The molecule has 3 rings (SSSR count). The predicted molar refractivity (Wildman–Crippen MR) is 68.8 cm³/mol. The number of rotatable bonds is 2. The van der Waals surface area contributed by atoms with E-state index >= 15 is 0 Å². The van der Waals surface area contributed by atoms with E-state index in [2.05, 4.69) is 10.3 Å². The standard InChI is InChI=1S/C13H15N3O/c14-11-3-1-2-10-12(4-5-15-13(10)11)16-8-6-9(17)7-8/h1-5,8-9,17H,6-7,14H2,(H,15,16). The first-order valence-corrected chi connectivity index (χ1v) is 5.82. The fraction of sp³-hybridized carbons (Fsp3) is 0.308. The molecule has 0 bridgehead atoms. The van der Waals surface area contributed by atoms with Crippen molar-refractivity contribution in [2.45, 2.75) is 25.0 Å². The number of aromatic nitrogens is 1. The van der Waals surface area contributed by atoms with Crippen molar-refractivity contribution in [3.8, 4) is 0 Å². The molecule has 4 N–H and O–H groups in total. The van der Waals surface area contributed by atoms with Crippen molar-refractivity contribution in [1.29, 1.82) is 0 Å². The van der Waals surface area contributed by atoms with Crippen LogP contribution in [-0.2, 0) is 0 Å². The number of hydrogen-bond donors (Lipinski definition) is 3. The van der Waals surface area contributed by atoms with E-state index in [0.717, 1.165) is 29.4 Å². The van der Waals surface area contributed by atoms with Crippen molar-refractivity contribution in [3.63, 3.8) is 0 Å². The number of fused-ring (bicyclic) bond motifs is 1. The molecule has 88 valence electrons. The highest BCUT2D eigenvalue weighted by Gasteiger charge is 2.27. The molecule has 1 aliphatic carbocycles. The Morgan fingerprint density at radius 2 is 2.12 bits per heavy atom. The zero-order valence-electron chi connectivity index (χ0n) is 9.43. The average Bonchev–Trinajstić information content (AvgIpc) is 2.28. The van der Waals surface area contributed by atoms with Crippen LogP contribution in [0.1, 0.15) is 12.8 Å². The molecule has 1 saturated carbocycles. The Kier molecular flexibility index (Phi) is 2.37. The molecule has 4 heteroatoms. The highest BCUT2D eigenvalue weighted by molar-refractivity contribution is 5.97. The zero-order chi connectivity index (χ0) is 11.8. The van der Waals surface area contributed by atoms with E-state index in [4.69, 9.17) is 5.73 Å². The minimum Gasteiger partial charge on any atom is -0.397 e. The van der Waals surface area contributed by atoms with Crippen molar-refractivity contribution >= 4 is 22.3 Å². The van der Waals surface area contributed by atoms with Crippen LogP contribution in [0.4, 0.5) is 11.4 Å². The Bertz CT molecular complexity index is 549. The first-order valence-electron chi connectivity index (χ1n) is 5.82. The van der Waals surface area contributed by atoms with Crippen molar-refractivity contribution in [2.24, 2.45) is 0 Å². The van der Waals surface area contributed by atoms with Crippen LogP contribution in [0.15, 0.2) is 30.5 Å². The van der Waals surface area contributed by atoms with E-state index in [0.29, 0.717) is 11.7 Å². The first-order chi connectivity index (χ1) is 8.24. The van der Waals surface area contributed by atoms with Gasteiger partial charge in [0.15, 0.2) is 0 Å². The molecule has 1 aromatic heterocycles. The Labute approximate surface area is 99.5 Å². The molecule has 0 aliphatic heterocycles. The summed E-state index contributed by atoms with van der Waals surface area (Å²) < 4.78 is 0. The van der Waals surface area contributed by atoms with Gasteiger partial charge in [-0.15, -0.1) is 0 Å². The molecule has 2 aromatic rings. The van der Waals surface area contributed by atoms with Gasteiger partial charge in [-0.1, -0.05) is 12.1 Å². The number of nitrogen functional groups attached to an aromatic ring is 1. The number of nitrogens with zero attached hydrogens (tertiary/aromatic N) is 1. The lowest BCUT2D eigenvalue weighted by molar-refractivity contribution is 0.0837. The van der Waals surface area contributed by atoms with E-state index in [9.17, 15) is 5.11 Å². The summed E-state index contributed by atoms with van der Waals surface area (Å²) >= 11 is 0. The van der Waals surface area contributed by atoms with Crippen LogP contribution in [0.3, 0.4) is 0 Å². The second kappa shape index (κ2) is 3.89. The Hall–Kier alpha value is -1.81. The molecule has 4 nitrogen and oxygen atoms in total. The maximum Gasteiger partial charge on any atom is 0.0951 e. The number of anilines is 2. The van der Waals surface area contributed by atoms with Gasteiger partial charge in [0.2, 0.25) is 0 Å². The molecule has 0 radical (unpaired) electrons. The van der Waals surface area contributed by atoms with Crippen molar-refractivity contribution in [1.82, 2.24) is 4.98 Å². The summed E-state index contributed by atoms with van der Waals surface area (Å²) in [6.07, 6.45) is 3.24. The van der Waals surface area contributed by atoms with Gasteiger partial charge in [0.1, 0.15) is 0 Å². The predicted octanol–water partition coefficient (Wildman–Crippen LogP) is 1.75. The minimum absolute atomic E-state index is 0.148. The molecule has 1 fully saturated rings. The Morgan fingerprint density at radius 3 is 2.88 bits per heavy atom. The number of para-hydroxylation sites is 1. The van der Waals surface area contributed by atoms with Crippen LogP contribution in [0.25, 0.3) is 10.9 Å². The number of hydrogen-bond acceptors (Lipinski definition) is 4. The highest BCUT2D eigenvalue weighted by atomic mass is 16.3. The summed E-state index contributed by atoms with van der Waals surface area (Å²) in [4.78, 5) is 4.29. The second-order valence-corrected chi connectivity index (χ2v) is 4.57. The number of pyridine rings is 1. The summed E-state index contributed by atoms with van der Waals surface area (Å²) in [5, 5.41) is 13.7. The Morgan fingerprint density at radius 1 is 1.29 bits per heavy atom. The van der Waals surface area contributed by atoms with Crippen LogP contribution in [-0.4, -0.2) is 22.2 Å². The number of aliphatic hydroxyl groups is 1. The maximum atomic E-state index is 9.28. The van der Waals surface area contributed by atoms with Gasteiger partial charge in [-0.2, -0.15) is 0 Å². The molecular formula is C13H15N3O. The average molecular weight is 229 g/mol. The van der Waals surface area contributed by atoms with Crippen LogP contribution in [0.5, 0.6) is 0 Å². The van der Waals surface area contributed by atoms with Gasteiger partial charge in [0.05, 0.1) is 17.3 Å². The van der Waals surface area contributed by atoms with Gasteiger partial charge >= 0.3 is 0 Å². The lowest BCUT2D eigenvalue weighted by atomic mass is 9.89. The van der Waals surface area contributed by atoms with Crippen LogP contribution < -0.4 is 11.1 Å². The van der Waals surface area contributed by atoms with Gasteiger partial charge < -0.3 is 16.2 Å². The quantitative estimate of drug-likeness (QED) is 0.686. The van der Waals surface area contributed by atoms with E-state index < -0.39 is 0 Å². The van der Waals surface area contributed by atoms with E-state index in [1.54, 1.807) is 6.20 Å². The second-order valence-electron chi connectivity index (χ2n) is 4.57. The third-order valence-electron chi connectivity index (χ3n) is 3.28. The van der Waals surface area contributed by atoms with Crippen LogP contribution in [0, 0.1) is 0 Å². The number of nitrogens with two attached hydrogens (primary N) is 1. The molecule has 1 aromatic carbocycles. The molecular weight excluding hydrogens is 214 g/mol. The van der Waals surface area contributed by atoms with Gasteiger partial charge in [-0.3, -0.25) is 4.98 Å². The normalized spacial score (nSPS) is 23.4. The highest BCUT2D eigenvalue weighted by Crippen LogP contribution is 2.29. The third-order valence-corrected chi connectivity index (χ3v) is 3.28. The third kappa shape index (κ3) is 1.80. The molecule has 0 spiro atoms. The van der Waals surface area contributed by atoms with E-state index in [-0.39, 0.29) is 6.10 Å². The lowest BCUT2D eigenvalue weighted by Gasteiger charge is -2.33. The zero-order valence-corrected chi connectivity index (χ0v) is 9.43. The monoisotopic (exact) mass is 229 g/mol. The first kappa shape index (κ1) is 10.4. The maximum absolute atomic E-state index is 9.28. The van der Waals surface area contributed by atoms with Crippen molar-refractivity contribution in [2.75, 3.05) is 11.1 Å². The van der Waals surface area contributed by atoms with E-state index in [1.807, 2.05) is 24.3 Å². The molecule has 0 saturated heterocycles. The minimum atomic E-state index is -0.148. The summed E-state index contributed by atoms with van der Waals surface area (Å²) in [6.45, 7) is 0. The summed E-state index contributed by atoms with van der Waals surface area (Å²) in [5.41, 5.74) is 8.46. The molecule has 0 unspecified atom stereocenters. The molecule has 0 amide bonds. The fourth-order valence-corrected chi connectivity index (χ4v) is 2.25. The number of nitrogens with one attached hydrogen (secondary N) is 1. The molecule has 1 aliphatic rings. The topological polar surface area (TPSA) is 71.2 Å². The lowest BCUT2D eigenvalue weighted by Crippen LogP contribution is -2.38. The summed E-state index contributed by atoms with van der Waals surface area (Å²) in [6, 6.07) is 8.10. The van der Waals surface area contributed by atoms with Gasteiger partial charge in [-0.25, -0.2) is 0 Å². The van der Waals surface area contributed by atoms with Crippen LogP contribution >= 0.6 is 0 Å². The summed E-state index contributed by atoms with van der Waals surface area (Å²) in [7, 11) is 0.